The maximum Gasteiger partial charge on any atom is 0.308 e. The Balaban J connectivity index is 0.940. The number of aliphatic hydroxyl groups is 2. The Bertz CT molecular complexity index is 1490. The Labute approximate surface area is 330 Å². The summed E-state index contributed by atoms with van der Waals surface area (Å²) in [5.74, 6) is -1.13. The first-order chi connectivity index (χ1) is 26.9. The fourth-order valence-electron chi connectivity index (χ4n) is 12.5. The molecule has 0 aromatic heterocycles. The Morgan fingerprint density at radius 2 is 1.46 bits per heavy atom. The van der Waals surface area contributed by atoms with Crippen molar-refractivity contribution in [3.8, 4) is 0 Å². The van der Waals surface area contributed by atoms with Gasteiger partial charge in [-0.2, -0.15) is 0 Å². The van der Waals surface area contributed by atoms with Gasteiger partial charge in [0.15, 0.2) is 5.79 Å². The van der Waals surface area contributed by atoms with Crippen LogP contribution in [-0.2, 0) is 52.2 Å². The minimum absolute atomic E-state index is 0.0139. The largest absolute Gasteiger partial charge is 0.459 e. The van der Waals surface area contributed by atoms with Crippen LogP contribution >= 0.6 is 0 Å². The average Bonchev–Trinajstić information content (AvgIpc) is 3.70. The lowest BCUT2D eigenvalue weighted by molar-refractivity contribution is -0.293. The SMILES string of the molecule is C=C1C(C)CC2CC[C@@H]3OC(CCC45CC6OC7C(O4)[C@H]4OC(CCC4O[C@H]7C6O5)CC(=O)OC4[C@@H](C)C5OC(CCO)C(O)CC5O[C@H]4CC1O2)CC3(C)C. The van der Waals surface area contributed by atoms with Gasteiger partial charge < -0.3 is 57.6 Å². The summed E-state index contributed by atoms with van der Waals surface area (Å²) < 4.78 is 67.4. The minimum Gasteiger partial charge on any atom is -0.459 e. The van der Waals surface area contributed by atoms with E-state index in [0.717, 1.165) is 44.1 Å². The summed E-state index contributed by atoms with van der Waals surface area (Å²) in [7, 11) is 0. The Morgan fingerprint density at radius 3 is 2.30 bits per heavy atom. The molecule has 11 saturated heterocycles. The Hall–Kier alpha value is -1.23. The van der Waals surface area contributed by atoms with Gasteiger partial charge in [0.1, 0.15) is 36.6 Å². The van der Waals surface area contributed by atoms with Crippen molar-refractivity contribution >= 4 is 5.97 Å². The molecule has 11 heterocycles. The molecule has 0 amide bonds. The summed E-state index contributed by atoms with van der Waals surface area (Å²) in [5.41, 5.74) is 1.04. The van der Waals surface area contributed by atoms with E-state index in [9.17, 15) is 15.0 Å². The first-order valence-corrected chi connectivity index (χ1v) is 22.0. The summed E-state index contributed by atoms with van der Waals surface area (Å²) in [5, 5.41) is 20.7. The molecule has 11 fully saturated rings. The molecule has 0 aromatic rings. The van der Waals surface area contributed by atoms with Gasteiger partial charge in [0, 0.05) is 38.2 Å². The highest BCUT2D eigenvalue weighted by molar-refractivity contribution is 5.70. The van der Waals surface area contributed by atoms with Gasteiger partial charge in [0.25, 0.3) is 0 Å². The number of hydrogen-bond acceptors (Lipinski definition) is 13. The van der Waals surface area contributed by atoms with Crippen molar-refractivity contribution in [1.29, 1.82) is 0 Å². The molecule has 1 spiro atoms. The second-order valence-electron chi connectivity index (χ2n) is 19.8. The van der Waals surface area contributed by atoms with Crippen LogP contribution < -0.4 is 0 Å². The minimum atomic E-state index is -0.791. The monoisotopic (exact) mass is 788 g/mol. The normalized spacial score (nSPS) is 55.1. The molecule has 56 heavy (non-hydrogen) atoms. The highest BCUT2D eigenvalue weighted by Gasteiger charge is 2.69. The molecule has 314 valence electrons. The molecule has 21 atom stereocenters. The number of esters is 1. The molecule has 13 nitrogen and oxygen atoms in total. The van der Waals surface area contributed by atoms with Crippen LogP contribution in [0.25, 0.3) is 0 Å². The summed E-state index contributed by atoms with van der Waals surface area (Å²) in [6, 6.07) is 0. The third-order valence-corrected chi connectivity index (χ3v) is 15.5. The van der Waals surface area contributed by atoms with E-state index in [2.05, 4.69) is 27.4 Å². The molecule has 11 rings (SSSR count). The van der Waals surface area contributed by atoms with Crippen molar-refractivity contribution in [1.82, 2.24) is 0 Å². The molecular formula is C43H64O13. The zero-order valence-electron chi connectivity index (χ0n) is 33.5. The smallest absolute Gasteiger partial charge is 0.308 e. The molecule has 0 aliphatic carbocycles. The van der Waals surface area contributed by atoms with Gasteiger partial charge in [-0.15, -0.1) is 0 Å². The number of fused-ring (bicyclic) bond motifs is 7. The summed E-state index contributed by atoms with van der Waals surface area (Å²) in [4.78, 5) is 14.1. The number of rotatable bonds is 2. The van der Waals surface area contributed by atoms with E-state index in [-0.39, 0.29) is 103 Å². The second-order valence-corrected chi connectivity index (χ2v) is 19.8. The molecule has 0 aromatic carbocycles. The third kappa shape index (κ3) is 6.84. The van der Waals surface area contributed by atoms with Crippen LogP contribution in [-0.4, -0.2) is 138 Å². The average molecular weight is 789 g/mol. The van der Waals surface area contributed by atoms with Crippen molar-refractivity contribution in [2.24, 2.45) is 17.3 Å². The molecule has 0 radical (unpaired) electrons. The lowest BCUT2D eigenvalue weighted by Crippen LogP contribution is -2.62. The quantitative estimate of drug-likeness (QED) is 0.307. The van der Waals surface area contributed by atoms with E-state index in [4.69, 9.17) is 47.4 Å². The summed E-state index contributed by atoms with van der Waals surface area (Å²) >= 11 is 0. The maximum absolute atomic E-state index is 14.1. The fraction of sp³-hybridized carbons (Fsp3) is 0.930. The van der Waals surface area contributed by atoms with E-state index in [1.807, 2.05) is 6.92 Å². The first kappa shape index (κ1) is 38.9. The Morgan fingerprint density at radius 1 is 0.696 bits per heavy atom. The van der Waals surface area contributed by atoms with Crippen LogP contribution in [0.3, 0.4) is 0 Å². The van der Waals surface area contributed by atoms with Gasteiger partial charge in [-0.3, -0.25) is 4.79 Å². The number of carbonyl (C=O) groups excluding carboxylic acids is 1. The maximum atomic E-state index is 14.1. The van der Waals surface area contributed by atoms with Crippen molar-refractivity contribution in [2.45, 2.75) is 227 Å². The second kappa shape index (κ2) is 14.7. The number of carbonyl (C=O) groups is 1. The topological polar surface area (TPSA) is 150 Å². The van der Waals surface area contributed by atoms with Crippen LogP contribution in [0.5, 0.6) is 0 Å². The van der Waals surface area contributed by atoms with Crippen LogP contribution in [0.15, 0.2) is 12.2 Å². The van der Waals surface area contributed by atoms with Crippen LogP contribution in [0.4, 0.5) is 0 Å². The van der Waals surface area contributed by atoms with Gasteiger partial charge >= 0.3 is 5.97 Å². The molecule has 13 heteroatoms. The first-order valence-electron chi connectivity index (χ1n) is 22.0. The summed E-state index contributed by atoms with van der Waals surface area (Å²) in [6.45, 7) is 13.3. The van der Waals surface area contributed by atoms with Crippen molar-refractivity contribution in [3.63, 3.8) is 0 Å². The molecule has 11 aliphatic heterocycles. The number of aliphatic hydroxyl groups excluding tert-OH is 2. The predicted molar refractivity (Wildman–Crippen MR) is 197 cm³/mol. The standard InChI is InChI=1S/C43H64O13/c1-20-14-23-7-9-33-42(4,5)18-25(48-33)10-12-43-19-32-38(55-43)39-40(53-32)41(56-43)37-28(52-39)8-6-24(49-37)15-34(46)54-36-22(3)35-30(16-26(45)27(51-35)11-13-44)50-31(36)17-29(47-23)21(20)2/h20,22-33,35-41,44-45H,2,6-19H2,1,3-5H3/t20?,22-,23?,24?,25?,26?,27?,28?,29?,30?,31-,32?,33-,35?,36?,37-,38?,39-,40?,41?,43?/m0/s1. The number of ether oxygens (including phenoxy) is 10. The van der Waals surface area contributed by atoms with Crippen LogP contribution in [0, 0.1) is 17.3 Å². The zero-order chi connectivity index (χ0) is 38.7. The van der Waals surface area contributed by atoms with Gasteiger partial charge in [-0.25, -0.2) is 0 Å². The highest BCUT2D eigenvalue weighted by atomic mass is 16.8. The molecule has 2 N–H and O–H groups in total. The lowest BCUT2D eigenvalue weighted by Gasteiger charge is -2.51. The van der Waals surface area contributed by atoms with Crippen molar-refractivity contribution in [2.75, 3.05) is 6.61 Å². The van der Waals surface area contributed by atoms with Gasteiger partial charge in [-0.1, -0.05) is 34.3 Å². The van der Waals surface area contributed by atoms with Gasteiger partial charge in [-0.05, 0) is 68.3 Å². The Kier molecular flexibility index (Phi) is 10.3. The van der Waals surface area contributed by atoms with Gasteiger partial charge in [0.05, 0.1) is 79.7 Å². The van der Waals surface area contributed by atoms with Crippen molar-refractivity contribution in [3.05, 3.63) is 12.2 Å². The van der Waals surface area contributed by atoms with Gasteiger partial charge in [0.2, 0.25) is 0 Å². The van der Waals surface area contributed by atoms with E-state index in [1.54, 1.807) is 0 Å². The highest BCUT2D eigenvalue weighted by Crippen LogP contribution is 2.55. The summed E-state index contributed by atoms with van der Waals surface area (Å²) in [6.07, 6.45) is 3.17. The fourth-order valence-corrected chi connectivity index (χ4v) is 12.5. The molecular weight excluding hydrogens is 724 g/mol. The van der Waals surface area contributed by atoms with Crippen LogP contribution in [0.1, 0.15) is 111 Å². The van der Waals surface area contributed by atoms with Crippen LogP contribution in [0.2, 0.25) is 0 Å². The van der Waals surface area contributed by atoms with E-state index >= 15 is 0 Å². The number of hydrogen-bond donors (Lipinski definition) is 2. The predicted octanol–water partition coefficient (Wildman–Crippen LogP) is 4.06. The van der Waals surface area contributed by atoms with E-state index in [1.165, 1.54) is 0 Å². The molecule has 0 saturated carbocycles. The van der Waals surface area contributed by atoms with Crippen molar-refractivity contribution < 1.29 is 62.4 Å². The van der Waals surface area contributed by atoms with E-state index < -0.39 is 48.5 Å². The molecule has 11 aliphatic rings. The lowest BCUT2D eigenvalue weighted by atomic mass is 9.78. The van der Waals surface area contributed by atoms with E-state index in [0.29, 0.717) is 38.5 Å². The molecule has 12 bridgehead atoms. The third-order valence-electron chi connectivity index (χ3n) is 15.5. The molecule has 16 unspecified atom stereocenters. The zero-order valence-corrected chi connectivity index (χ0v) is 33.5.